The van der Waals surface area contributed by atoms with Gasteiger partial charge in [0.25, 0.3) is 0 Å². The quantitative estimate of drug-likeness (QED) is 0.806. The van der Waals surface area contributed by atoms with Gasteiger partial charge in [0.15, 0.2) is 0 Å². The van der Waals surface area contributed by atoms with E-state index in [-0.39, 0.29) is 18.4 Å². The number of halogens is 1. The number of aliphatic carboxylic acids is 1. The molecule has 2 fully saturated rings. The Bertz CT molecular complexity index is 229. The van der Waals surface area contributed by atoms with E-state index in [1.54, 1.807) is 0 Å². The second kappa shape index (κ2) is 6.45. The number of hydrogen-bond donors (Lipinski definition) is 2. The van der Waals surface area contributed by atoms with E-state index in [0.29, 0.717) is 5.92 Å². The molecule has 0 aromatic carbocycles. The molecule has 1 saturated carbocycles. The summed E-state index contributed by atoms with van der Waals surface area (Å²) in [6.45, 7) is 0.910. The van der Waals surface area contributed by atoms with Gasteiger partial charge in [-0.2, -0.15) is 0 Å². The van der Waals surface area contributed by atoms with E-state index in [1.807, 2.05) is 0 Å². The predicted molar refractivity (Wildman–Crippen MR) is 66.0 cm³/mol. The lowest BCUT2D eigenvalue weighted by Crippen LogP contribution is -2.29. The van der Waals surface area contributed by atoms with Crippen LogP contribution in [-0.4, -0.2) is 23.7 Å². The highest BCUT2D eigenvalue weighted by Gasteiger charge is 2.30. The lowest BCUT2D eigenvalue weighted by molar-refractivity contribution is -0.139. The average molecular weight is 248 g/mol. The van der Waals surface area contributed by atoms with Crippen LogP contribution in [0.2, 0.25) is 0 Å². The van der Waals surface area contributed by atoms with Gasteiger partial charge in [-0.25, -0.2) is 0 Å². The molecule has 3 nitrogen and oxygen atoms in total. The molecular weight excluding hydrogens is 226 g/mol. The largest absolute Gasteiger partial charge is 0.480 e. The van der Waals surface area contributed by atoms with Gasteiger partial charge < -0.3 is 10.4 Å². The normalized spacial score (nSPS) is 31.0. The van der Waals surface area contributed by atoms with Crippen molar-refractivity contribution in [2.75, 3.05) is 6.54 Å². The van der Waals surface area contributed by atoms with E-state index in [4.69, 9.17) is 5.11 Å². The molecule has 0 aromatic heterocycles. The van der Waals surface area contributed by atoms with Gasteiger partial charge in [0.1, 0.15) is 6.04 Å². The molecule has 4 heteroatoms. The molecule has 1 saturated heterocycles. The van der Waals surface area contributed by atoms with E-state index in [0.717, 1.165) is 18.9 Å². The Labute approximate surface area is 103 Å². The molecule has 2 atom stereocenters. The first-order chi connectivity index (χ1) is 7.25. The molecule has 1 heterocycles. The lowest BCUT2D eigenvalue weighted by Gasteiger charge is -2.23. The predicted octanol–water partition coefficient (Wildman–Crippen LogP) is 2.44. The zero-order valence-electron chi connectivity index (χ0n) is 9.65. The maximum atomic E-state index is 10.8. The fraction of sp³-hybridized carbons (Fsp3) is 0.917. The third-order valence-corrected chi connectivity index (χ3v) is 3.91. The second-order valence-electron chi connectivity index (χ2n) is 5.14. The van der Waals surface area contributed by atoms with Crippen LogP contribution < -0.4 is 5.32 Å². The Kier molecular flexibility index (Phi) is 5.56. The first-order valence-electron chi connectivity index (χ1n) is 6.22. The van der Waals surface area contributed by atoms with Crippen molar-refractivity contribution in [3.63, 3.8) is 0 Å². The standard InChI is InChI=1S/C12H21NO2.ClH/c14-12(15)11-7-10(8-13-11)6-9-4-2-1-3-5-9;/h9-11,13H,1-8H2,(H,14,15);1H/t10-,11-;/m0./s1. The summed E-state index contributed by atoms with van der Waals surface area (Å²) >= 11 is 0. The number of carboxylic acid groups (broad SMARTS) is 1. The molecule has 0 bridgehead atoms. The molecule has 2 N–H and O–H groups in total. The summed E-state index contributed by atoms with van der Waals surface area (Å²) in [6, 6.07) is -0.279. The van der Waals surface area contributed by atoms with Crippen molar-refractivity contribution in [3.8, 4) is 0 Å². The van der Waals surface area contributed by atoms with Gasteiger partial charge in [0, 0.05) is 0 Å². The summed E-state index contributed by atoms with van der Waals surface area (Å²) in [5.74, 6) is 0.799. The molecule has 0 spiro atoms. The fourth-order valence-corrected chi connectivity index (χ4v) is 3.07. The molecule has 94 valence electrons. The SMILES string of the molecule is Cl.O=C(O)[C@@H]1C[C@H](CC2CCCCC2)CN1. The van der Waals surface area contributed by atoms with Gasteiger partial charge >= 0.3 is 5.97 Å². The Balaban J connectivity index is 0.00000128. The zero-order valence-corrected chi connectivity index (χ0v) is 10.5. The molecule has 0 amide bonds. The van der Waals surface area contributed by atoms with Gasteiger partial charge in [0.2, 0.25) is 0 Å². The minimum atomic E-state index is -0.679. The van der Waals surface area contributed by atoms with Gasteiger partial charge in [-0.3, -0.25) is 4.79 Å². The van der Waals surface area contributed by atoms with E-state index >= 15 is 0 Å². The highest BCUT2D eigenvalue weighted by Crippen LogP contribution is 2.31. The van der Waals surface area contributed by atoms with Crippen molar-refractivity contribution in [2.45, 2.75) is 51.0 Å². The summed E-state index contributed by atoms with van der Waals surface area (Å²) in [6.07, 6.45) is 8.99. The number of hydrogen-bond acceptors (Lipinski definition) is 2. The molecule has 0 radical (unpaired) electrons. The van der Waals surface area contributed by atoms with E-state index in [2.05, 4.69) is 5.32 Å². The number of rotatable bonds is 3. The zero-order chi connectivity index (χ0) is 10.7. The molecule has 16 heavy (non-hydrogen) atoms. The van der Waals surface area contributed by atoms with Gasteiger partial charge in [0.05, 0.1) is 0 Å². The first-order valence-corrected chi connectivity index (χ1v) is 6.22. The monoisotopic (exact) mass is 247 g/mol. The Hall–Kier alpha value is -0.280. The molecule has 1 aliphatic heterocycles. The van der Waals surface area contributed by atoms with Gasteiger partial charge in [-0.1, -0.05) is 32.1 Å². The van der Waals surface area contributed by atoms with Crippen molar-refractivity contribution < 1.29 is 9.90 Å². The topological polar surface area (TPSA) is 49.3 Å². The average Bonchev–Trinajstić information content (AvgIpc) is 2.68. The maximum absolute atomic E-state index is 10.8. The van der Waals surface area contributed by atoms with E-state index < -0.39 is 5.97 Å². The highest BCUT2D eigenvalue weighted by molar-refractivity contribution is 5.85. The lowest BCUT2D eigenvalue weighted by atomic mass is 9.82. The van der Waals surface area contributed by atoms with Crippen LogP contribution in [0.4, 0.5) is 0 Å². The van der Waals surface area contributed by atoms with Crippen molar-refractivity contribution in [1.29, 1.82) is 0 Å². The summed E-state index contributed by atoms with van der Waals surface area (Å²) in [5.41, 5.74) is 0. The Morgan fingerprint density at radius 1 is 1.19 bits per heavy atom. The molecule has 0 unspecified atom stereocenters. The van der Waals surface area contributed by atoms with Crippen LogP contribution in [0.25, 0.3) is 0 Å². The van der Waals surface area contributed by atoms with Crippen LogP contribution >= 0.6 is 12.4 Å². The minimum Gasteiger partial charge on any atom is -0.480 e. The highest BCUT2D eigenvalue weighted by atomic mass is 35.5. The molecule has 0 aromatic rings. The molecular formula is C12H22ClNO2. The third kappa shape index (κ3) is 3.63. The second-order valence-corrected chi connectivity index (χ2v) is 5.14. The molecule has 1 aliphatic carbocycles. The maximum Gasteiger partial charge on any atom is 0.320 e. The van der Waals surface area contributed by atoms with Crippen molar-refractivity contribution >= 4 is 18.4 Å². The van der Waals surface area contributed by atoms with Crippen LogP contribution in [0.15, 0.2) is 0 Å². The van der Waals surface area contributed by atoms with Crippen LogP contribution in [0, 0.1) is 11.8 Å². The number of nitrogens with one attached hydrogen (secondary N) is 1. The summed E-state index contributed by atoms with van der Waals surface area (Å²) in [4.78, 5) is 10.8. The summed E-state index contributed by atoms with van der Waals surface area (Å²) < 4.78 is 0. The number of carbonyl (C=O) groups is 1. The Morgan fingerprint density at radius 2 is 1.88 bits per heavy atom. The Morgan fingerprint density at radius 3 is 2.44 bits per heavy atom. The summed E-state index contributed by atoms with van der Waals surface area (Å²) in [7, 11) is 0. The van der Waals surface area contributed by atoms with Gasteiger partial charge in [-0.15, -0.1) is 12.4 Å². The molecule has 2 aliphatic rings. The van der Waals surface area contributed by atoms with Gasteiger partial charge in [-0.05, 0) is 31.2 Å². The number of carboxylic acids is 1. The minimum absolute atomic E-state index is 0. The van der Waals surface area contributed by atoms with Crippen LogP contribution in [-0.2, 0) is 4.79 Å². The van der Waals surface area contributed by atoms with Crippen molar-refractivity contribution in [1.82, 2.24) is 5.32 Å². The van der Waals surface area contributed by atoms with Crippen molar-refractivity contribution in [2.24, 2.45) is 11.8 Å². The molecule has 2 rings (SSSR count). The fourth-order valence-electron chi connectivity index (χ4n) is 3.07. The van der Waals surface area contributed by atoms with E-state index in [1.165, 1.54) is 38.5 Å². The van der Waals surface area contributed by atoms with E-state index in [9.17, 15) is 4.79 Å². The third-order valence-electron chi connectivity index (χ3n) is 3.91. The van der Waals surface area contributed by atoms with Crippen LogP contribution in [0.3, 0.4) is 0 Å². The van der Waals surface area contributed by atoms with Crippen LogP contribution in [0.1, 0.15) is 44.9 Å². The smallest absolute Gasteiger partial charge is 0.320 e. The van der Waals surface area contributed by atoms with Crippen molar-refractivity contribution in [3.05, 3.63) is 0 Å². The first kappa shape index (κ1) is 13.8. The van der Waals surface area contributed by atoms with Crippen LogP contribution in [0.5, 0.6) is 0 Å². The summed E-state index contributed by atoms with van der Waals surface area (Å²) in [5, 5.41) is 12.0.